The van der Waals surface area contributed by atoms with E-state index in [1.807, 2.05) is 13.8 Å². The largest absolute Gasteiger partial charge is 0.207 e. The molecule has 0 saturated heterocycles. The lowest BCUT2D eigenvalue weighted by atomic mass is 9.83. The van der Waals surface area contributed by atoms with Gasteiger partial charge in [-0.1, -0.05) is 25.1 Å². The topological polar surface area (TPSA) is 23.8 Å². The highest BCUT2D eigenvalue weighted by atomic mass is 19.1. The van der Waals surface area contributed by atoms with Crippen LogP contribution in [0.1, 0.15) is 25.8 Å². The van der Waals surface area contributed by atoms with Crippen molar-refractivity contribution in [3.63, 3.8) is 0 Å². The van der Waals surface area contributed by atoms with Gasteiger partial charge in [-0.05, 0) is 31.4 Å². The van der Waals surface area contributed by atoms with Crippen LogP contribution in [0.2, 0.25) is 0 Å². The first-order valence-corrected chi connectivity index (χ1v) is 4.76. The Bertz CT molecular complexity index is 354. The zero-order valence-electron chi connectivity index (χ0n) is 8.55. The summed E-state index contributed by atoms with van der Waals surface area (Å²) in [4.78, 5) is 0. The van der Waals surface area contributed by atoms with Crippen LogP contribution >= 0.6 is 0 Å². The molecule has 0 saturated carbocycles. The predicted molar refractivity (Wildman–Crippen MR) is 54.1 cm³/mol. The monoisotopic (exact) mass is 191 g/mol. The molecule has 74 valence electrons. The van der Waals surface area contributed by atoms with Crippen LogP contribution in [0.25, 0.3) is 0 Å². The van der Waals surface area contributed by atoms with Crippen molar-refractivity contribution in [3.05, 3.63) is 35.6 Å². The third kappa shape index (κ3) is 2.32. The van der Waals surface area contributed by atoms with E-state index >= 15 is 0 Å². The van der Waals surface area contributed by atoms with Crippen molar-refractivity contribution in [1.29, 1.82) is 5.26 Å². The molecule has 1 nitrogen and oxygen atoms in total. The van der Waals surface area contributed by atoms with Gasteiger partial charge in [0.05, 0.1) is 11.5 Å². The smallest absolute Gasteiger partial charge is 0.126 e. The van der Waals surface area contributed by atoms with Crippen LogP contribution in [0.15, 0.2) is 24.3 Å². The van der Waals surface area contributed by atoms with Gasteiger partial charge in [-0.3, -0.25) is 0 Å². The molecule has 1 rings (SSSR count). The van der Waals surface area contributed by atoms with Crippen molar-refractivity contribution in [3.8, 4) is 6.07 Å². The highest BCUT2D eigenvalue weighted by Gasteiger charge is 2.23. The third-order valence-corrected chi connectivity index (χ3v) is 2.59. The number of hydrogen-bond acceptors (Lipinski definition) is 1. The van der Waals surface area contributed by atoms with Crippen molar-refractivity contribution in [2.24, 2.45) is 5.41 Å². The molecule has 0 bridgehead atoms. The Morgan fingerprint density at radius 3 is 2.57 bits per heavy atom. The number of hydrogen-bond donors (Lipinski definition) is 0. The van der Waals surface area contributed by atoms with Gasteiger partial charge in [0.2, 0.25) is 0 Å². The second-order valence-electron chi connectivity index (χ2n) is 3.79. The second kappa shape index (κ2) is 4.23. The predicted octanol–water partition coefficient (Wildman–Crippen LogP) is 3.31. The van der Waals surface area contributed by atoms with Gasteiger partial charge < -0.3 is 0 Å². The third-order valence-electron chi connectivity index (χ3n) is 2.59. The molecule has 0 aliphatic rings. The van der Waals surface area contributed by atoms with Gasteiger partial charge in [-0.25, -0.2) is 4.39 Å². The number of nitriles is 1. The van der Waals surface area contributed by atoms with E-state index in [1.165, 1.54) is 6.07 Å². The van der Waals surface area contributed by atoms with E-state index in [0.717, 1.165) is 6.42 Å². The zero-order valence-corrected chi connectivity index (χ0v) is 8.55. The molecule has 0 spiro atoms. The van der Waals surface area contributed by atoms with Gasteiger partial charge >= 0.3 is 0 Å². The number of halogens is 1. The lowest BCUT2D eigenvalue weighted by Crippen LogP contribution is -2.16. The summed E-state index contributed by atoms with van der Waals surface area (Å²) in [7, 11) is 0. The molecule has 1 aromatic rings. The van der Waals surface area contributed by atoms with Crippen LogP contribution < -0.4 is 0 Å². The summed E-state index contributed by atoms with van der Waals surface area (Å²) in [6.07, 6.45) is 1.21. The summed E-state index contributed by atoms with van der Waals surface area (Å²) < 4.78 is 13.3. The SMILES string of the molecule is CCC(C)(C#N)Cc1ccccc1F. The molecule has 14 heavy (non-hydrogen) atoms. The molecule has 0 aromatic heterocycles. The van der Waals surface area contributed by atoms with Crippen molar-refractivity contribution >= 4 is 0 Å². The first-order valence-electron chi connectivity index (χ1n) is 4.76. The Morgan fingerprint density at radius 1 is 1.43 bits per heavy atom. The normalized spacial score (nSPS) is 14.4. The standard InChI is InChI=1S/C12H14FN/c1-3-12(2,9-14)8-10-6-4-5-7-11(10)13/h4-7H,3,8H2,1-2H3. The van der Waals surface area contributed by atoms with Crippen LogP contribution in [0.3, 0.4) is 0 Å². The minimum atomic E-state index is -0.456. The Kier molecular flexibility index (Phi) is 3.24. The Hall–Kier alpha value is -1.36. The average Bonchev–Trinajstić information content (AvgIpc) is 2.21. The van der Waals surface area contributed by atoms with E-state index in [1.54, 1.807) is 18.2 Å². The van der Waals surface area contributed by atoms with Gasteiger partial charge in [0.15, 0.2) is 0 Å². The summed E-state index contributed by atoms with van der Waals surface area (Å²) in [6, 6.07) is 8.87. The molecule has 2 heteroatoms. The molecule has 0 aliphatic carbocycles. The van der Waals surface area contributed by atoms with Gasteiger partial charge in [-0.15, -0.1) is 0 Å². The first kappa shape index (κ1) is 10.7. The maximum Gasteiger partial charge on any atom is 0.126 e. The van der Waals surface area contributed by atoms with Gasteiger partial charge in [0, 0.05) is 0 Å². The maximum atomic E-state index is 13.3. The fourth-order valence-electron chi connectivity index (χ4n) is 1.31. The van der Waals surface area contributed by atoms with Crippen molar-refractivity contribution in [1.82, 2.24) is 0 Å². The molecule has 0 aliphatic heterocycles. The highest BCUT2D eigenvalue weighted by Crippen LogP contribution is 2.26. The van der Waals surface area contributed by atoms with Crippen LogP contribution in [0.4, 0.5) is 4.39 Å². The Labute approximate surface area is 84.2 Å². The molecule has 1 atom stereocenters. The minimum absolute atomic E-state index is 0.220. The second-order valence-corrected chi connectivity index (χ2v) is 3.79. The van der Waals surface area contributed by atoms with E-state index in [4.69, 9.17) is 5.26 Å². The molecular formula is C12H14FN. The van der Waals surface area contributed by atoms with Gasteiger partial charge in [0.25, 0.3) is 0 Å². The number of benzene rings is 1. The average molecular weight is 191 g/mol. The van der Waals surface area contributed by atoms with Crippen LogP contribution in [0, 0.1) is 22.6 Å². The van der Waals surface area contributed by atoms with Crippen molar-refractivity contribution in [2.45, 2.75) is 26.7 Å². The molecule has 1 unspecified atom stereocenters. The van der Waals surface area contributed by atoms with E-state index in [0.29, 0.717) is 12.0 Å². The van der Waals surface area contributed by atoms with Crippen molar-refractivity contribution in [2.75, 3.05) is 0 Å². The minimum Gasteiger partial charge on any atom is -0.207 e. The molecule has 0 radical (unpaired) electrons. The quantitative estimate of drug-likeness (QED) is 0.719. The Morgan fingerprint density at radius 2 is 2.07 bits per heavy atom. The van der Waals surface area contributed by atoms with Crippen molar-refractivity contribution < 1.29 is 4.39 Å². The maximum absolute atomic E-state index is 13.3. The Balaban J connectivity index is 2.89. The molecule has 0 N–H and O–H groups in total. The number of nitrogens with zero attached hydrogens (tertiary/aromatic N) is 1. The zero-order chi connectivity index (χ0) is 10.6. The fraction of sp³-hybridized carbons (Fsp3) is 0.417. The molecule has 0 amide bonds. The molecular weight excluding hydrogens is 177 g/mol. The molecule has 0 fully saturated rings. The summed E-state index contributed by atoms with van der Waals surface area (Å²) in [5, 5.41) is 8.97. The summed E-state index contributed by atoms with van der Waals surface area (Å²) >= 11 is 0. The highest BCUT2D eigenvalue weighted by molar-refractivity contribution is 5.20. The molecule has 1 aromatic carbocycles. The number of rotatable bonds is 3. The van der Waals surface area contributed by atoms with Gasteiger partial charge in [-0.2, -0.15) is 5.26 Å². The van der Waals surface area contributed by atoms with Crippen LogP contribution in [-0.4, -0.2) is 0 Å². The van der Waals surface area contributed by atoms with E-state index in [9.17, 15) is 4.39 Å². The van der Waals surface area contributed by atoms with Crippen LogP contribution in [-0.2, 0) is 6.42 Å². The summed E-state index contributed by atoms with van der Waals surface area (Å²) in [5.74, 6) is -0.220. The fourth-order valence-corrected chi connectivity index (χ4v) is 1.31. The van der Waals surface area contributed by atoms with E-state index in [2.05, 4.69) is 6.07 Å². The summed E-state index contributed by atoms with van der Waals surface area (Å²) in [5.41, 5.74) is 0.167. The lowest BCUT2D eigenvalue weighted by Gasteiger charge is -2.19. The lowest BCUT2D eigenvalue weighted by molar-refractivity contribution is 0.413. The van der Waals surface area contributed by atoms with E-state index in [-0.39, 0.29) is 5.82 Å². The summed E-state index contributed by atoms with van der Waals surface area (Å²) in [6.45, 7) is 3.81. The first-order chi connectivity index (χ1) is 6.61. The van der Waals surface area contributed by atoms with Crippen LogP contribution in [0.5, 0.6) is 0 Å². The van der Waals surface area contributed by atoms with Gasteiger partial charge in [0.1, 0.15) is 5.82 Å². The molecule has 0 heterocycles. The van der Waals surface area contributed by atoms with E-state index < -0.39 is 5.41 Å².